The molecule has 1 N–H and O–H groups in total. The summed E-state index contributed by atoms with van der Waals surface area (Å²) >= 11 is 5.72. The zero-order valence-electron chi connectivity index (χ0n) is 13.6. The molecular formula is C15H17ClF3N5O. The van der Waals surface area contributed by atoms with Crippen molar-refractivity contribution in [2.24, 2.45) is 0 Å². The van der Waals surface area contributed by atoms with Gasteiger partial charge >= 0.3 is 12.1 Å². The predicted octanol–water partition coefficient (Wildman–Crippen LogP) is 3.78. The van der Waals surface area contributed by atoms with Gasteiger partial charge < -0.3 is 0 Å². The van der Waals surface area contributed by atoms with E-state index in [-0.39, 0.29) is 18.4 Å². The number of hydrogen-bond donors (Lipinski definition) is 1. The Kier molecular flexibility index (Phi) is 5.99. The second-order valence-corrected chi connectivity index (χ2v) is 5.79. The number of hydrogen-bond acceptors (Lipinski definition) is 4. The van der Waals surface area contributed by atoms with Crippen LogP contribution in [0.5, 0.6) is 0 Å². The van der Waals surface area contributed by atoms with Crippen molar-refractivity contribution in [1.29, 1.82) is 0 Å². The molecule has 0 spiro atoms. The third kappa shape index (κ3) is 4.91. The van der Waals surface area contributed by atoms with Gasteiger partial charge in [0, 0.05) is 12.1 Å². The molecule has 2 rings (SSSR count). The van der Waals surface area contributed by atoms with Gasteiger partial charge in [-0.1, -0.05) is 31.5 Å². The van der Waals surface area contributed by atoms with Gasteiger partial charge in [-0.2, -0.15) is 23.3 Å². The highest BCUT2D eigenvalue weighted by Crippen LogP contribution is 2.23. The molecule has 0 radical (unpaired) electrons. The summed E-state index contributed by atoms with van der Waals surface area (Å²) in [7, 11) is 0. The maximum absolute atomic E-state index is 12.5. The summed E-state index contributed by atoms with van der Waals surface area (Å²) in [6.45, 7) is 3.97. The number of pyridine rings is 1. The van der Waals surface area contributed by atoms with Crippen LogP contribution in [0, 0.1) is 0 Å². The Labute approximate surface area is 147 Å². The Morgan fingerprint density at radius 3 is 2.52 bits per heavy atom. The van der Waals surface area contributed by atoms with E-state index in [1.807, 2.05) is 13.8 Å². The van der Waals surface area contributed by atoms with E-state index in [0.29, 0.717) is 16.5 Å². The minimum atomic E-state index is -5.01. The number of aromatic nitrogens is 4. The zero-order valence-corrected chi connectivity index (χ0v) is 14.4. The fraction of sp³-hybridized carbons (Fsp3) is 0.467. The molecule has 0 atom stereocenters. The normalized spacial score (nSPS) is 11.8. The molecule has 0 aliphatic carbocycles. The first-order valence-electron chi connectivity index (χ1n) is 7.67. The van der Waals surface area contributed by atoms with Crippen LogP contribution in [-0.4, -0.2) is 31.8 Å². The van der Waals surface area contributed by atoms with Crippen molar-refractivity contribution in [3.63, 3.8) is 0 Å². The Bertz CT molecular complexity index is 726. The number of alkyl halides is 3. The smallest absolute Gasteiger partial charge is 0.287 e. The molecular weight excluding hydrogens is 359 g/mol. The SMILES string of the molecule is CCC(CC)c1nc(NC(=O)C(F)(F)F)n(Cc2ccc(Cl)nc2)n1. The third-order valence-electron chi connectivity index (χ3n) is 3.64. The minimum absolute atomic E-state index is 0.00821. The highest BCUT2D eigenvalue weighted by atomic mass is 35.5. The van der Waals surface area contributed by atoms with E-state index in [9.17, 15) is 18.0 Å². The van der Waals surface area contributed by atoms with E-state index in [2.05, 4.69) is 15.1 Å². The summed E-state index contributed by atoms with van der Waals surface area (Å²) in [6, 6.07) is 3.23. The standard InChI is InChI=1S/C15H17ClF3N5O/c1-3-10(4-2)12-21-14(22-13(25)15(17,18)19)24(23-12)8-9-5-6-11(16)20-7-9/h5-7,10H,3-4,8H2,1-2H3,(H,21,22,23,25). The molecule has 1 amide bonds. The van der Waals surface area contributed by atoms with Gasteiger partial charge in [0.1, 0.15) is 5.15 Å². The molecule has 0 bridgehead atoms. The van der Waals surface area contributed by atoms with Crippen LogP contribution in [0.25, 0.3) is 0 Å². The molecule has 136 valence electrons. The number of nitrogens with one attached hydrogen (secondary N) is 1. The first-order valence-corrected chi connectivity index (χ1v) is 8.05. The zero-order chi connectivity index (χ0) is 18.6. The van der Waals surface area contributed by atoms with Crippen molar-refractivity contribution < 1.29 is 18.0 Å². The number of carbonyl (C=O) groups is 1. The molecule has 0 aliphatic rings. The lowest BCUT2D eigenvalue weighted by Crippen LogP contribution is -2.31. The van der Waals surface area contributed by atoms with Crippen LogP contribution in [-0.2, 0) is 11.3 Å². The van der Waals surface area contributed by atoms with E-state index in [4.69, 9.17) is 11.6 Å². The summed E-state index contributed by atoms with van der Waals surface area (Å²) < 4.78 is 38.8. The lowest BCUT2D eigenvalue weighted by atomic mass is 10.0. The topological polar surface area (TPSA) is 72.7 Å². The number of rotatable bonds is 6. The first-order chi connectivity index (χ1) is 11.7. The van der Waals surface area contributed by atoms with Crippen molar-refractivity contribution in [2.75, 3.05) is 5.32 Å². The fourth-order valence-corrected chi connectivity index (χ4v) is 2.35. The van der Waals surface area contributed by atoms with Crippen molar-refractivity contribution in [3.05, 3.63) is 34.9 Å². The van der Waals surface area contributed by atoms with Crippen LogP contribution in [0.2, 0.25) is 5.15 Å². The number of anilines is 1. The van der Waals surface area contributed by atoms with Crippen LogP contribution < -0.4 is 5.32 Å². The average molecular weight is 376 g/mol. The number of carbonyl (C=O) groups excluding carboxylic acids is 1. The van der Waals surface area contributed by atoms with Gasteiger partial charge in [-0.25, -0.2) is 9.67 Å². The van der Waals surface area contributed by atoms with Gasteiger partial charge in [-0.3, -0.25) is 10.1 Å². The van der Waals surface area contributed by atoms with Gasteiger partial charge in [-0.15, -0.1) is 0 Å². The molecule has 2 heterocycles. The third-order valence-corrected chi connectivity index (χ3v) is 3.87. The minimum Gasteiger partial charge on any atom is -0.287 e. The highest BCUT2D eigenvalue weighted by Gasteiger charge is 2.39. The Hall–Kier alpha value is -2.16. The molecule has 2 aromatic rings. The van der Waals surface area contributed by atoms with E-state index < -0.39 is 12.1 Å². The molecule has 25 heavy (non-hydrogen) atoms. The molecule has 6 nitrogen and oxygen atoms in total. The van der Waals surface area contributed by atoms with Crippen LogP contribution in [0.4, 0.5) is 19.1 Å². The van der Waals surface area contributed by atoms with Crippen LogP contribution in [0.1, 0.15) is 44.0 Å². The maximum Gasteiger partial charge on any atom is 0.471 e. The summed E-state index contributed by atoms with van der Waals surface area (Å²) in [5, 5.41) is 6.35. The highest BCUT2D eigenvalue weighted by molar-refractivity contribution is 6.29. The van der Waals surface area contributed by atoms with Crippen LogP contribution >= 0.6 is 11.6 Å². The second-order valence-electron chi connectivity index (χ2n) is 5.41. The molecule has 0 unspecified atom stereocenters. The van der Waals surface area contributed by atoms with E-state index in [1.165, 1.54) is 10.9 Å². The molecule has 10 heteroatoms. The second kappa shape index (κ2) is 7.81. The fourth-order valence-electron chi connectivity index (χ4n) is 2.23. The number of amides is 1. The number of nitrogens with zero attached hydrogens (tertiary/aromatic N) is 4. The van der Waals surface area contributed by atoms with Crippen molar-refractivity contribution in [3.8, 4) is 0 Å². The van der Waals surface area contributed by atoms with Crippen molar-refractivity contribution >= 4 is 23.5 Å². The lowest BCUT2D eigenvalue weighted by Gasteiger charge is -2.09. The van der Waals surface area contributed by atoms with Gasteiger partial charge in [0.25, 0.3) is 0 Å². The van der Waals surface area contributed by atoms with E-state index in [0.717, 1.165) is 12.8 Å². The Balaban J connectivity index is 2.34. The molecule has 0 fully saturated rings. The summed E-state index contributed by atoms with van der Waals surface area (Å²) in [6.07, 6.45) is -2.06. The average Bonchev–Trinajstić information content (AvgIpc) is 2.92. The summed E-state index contributed by atoms with van der Waals surface area (Å²) in [4.78, 5) is 19.3. The summed E-state index contributed by atoms with van der Waals surface area (Å²) in [5.41, 5.74) is 0.660. The quantitative estimate of drug-likeness (QED) is 0.780. The predicted molar refractivity (Wildman–Crippen MR) is 86.4 cm³/mol. The molecule has 0 aliphatic heterocycles. The molecule has 0 aromatic carbocycles. The van der Waals surface area contributed by atoms with Crippen molar-refractivity contribution in [2.45, 2.75) is 45.3 Å². The van der Waals surface area contributed by atoms with Gasteiger partial charge in [-0.05, 0) is 24.5 Å². The first kappa shape index (κ1) is 19.2. The van der Waals surface area contributed by atoms with Crippen LogP contribution in [0.15, 0.2) is 18.3 Å². The van der Waals surface area contributed by atoms with Gasteiger partial charge in [0.05, 0.1) is 6.54 Å². The maximum atomic E-state index is 12.5. The monoisotopic (exact) mass is 375 g/mol. The molecule has 0 saturated heterocycles. The molecule has 0 saturated carbocycles. The summed E-state index contributed by atoms with van der Waals surface area (Å²) in [5.74, 6) is -1.96. The van der Waals surface area contributed by atoms with Crippen molar-refractivity contribution in [1.82, 2.24) is 19.7 Å². The molecule has 2 aromatic heterocycles. The number of halogens is 4. The van der Waals surface area contributed by atoms with Gasteiger partial charge in [0.2, 0.25) is 5.95 Å². The lowest BCUT2D eigenvalue weighted by molar-refractivity contribution is -0.167. The van der Waals surface area contributed by atoms with E-state index in [1.54, 1.807) is 17.4 Å². The Morgan fingerprint density at radius 1 is 1.32 bits per heavy atom. The largest absolute Gasteiger partial charge is 0.471 e. The Morgan fingerprint density at radius 2 is 2.00 bits per heavy atom. The van der Waals surface area contributed by atoms with Gasteiger partial charge in [0.15, 0.2) is 5.82 Å². The van der Waals surface area contributed by atoms with Crippen LogP contribution in [0.3, 0.4) is 0 Å². The van der Waals surface area contributed by atoms with E-state index >= 15 is 0 Å².